The first-order chi connectivity index (χ1) is 9.74. The largest absolute Gasteiger partial charge is 0.355 e. The van der Waals surface area contributed by atoms with Crippen molar-refractivity contribution >= 4 is 5.91 Å². The Morgan fingerprint density at radius 3 is 2.50 bits per heavy atom. The fourth-order valence-corrected chi connectivity index (χ4v) is 3.06. The number of hydrogen-bond donors (Lipinski definition) is 2. The zero-order valence-corrected chi connectivity index (χ0v) is 12.9. The minimum absolute atomic E-state index is 0.178. The van der Waals surface area contributed by atoms with Crippen molar-refractivity contribution in [3.63, 3.8) is 0 Å². The smallest absolute Gasteiger partial charge is 0.234 e. The lowest BCUT2D eigenvalue weighted by Gasteiger charge is -2.29. The molecular formula is C15H30N4O. The van der Waals surface area contributed by atoms with E-state index in [1.165, 1.54) is 32.4 Å². The van der Waals surface area contributed by atoms with Crippen LogP contribution in [0.3, 0.4) is 0 Å². The summed E-state index contributed by atoms with van der Waals surface area (Å²) in [6, 6.07) is 0. The number of hydrogen-bond acceptors (Lipinski definition) is 4. The molecule has 0 aromatic carbocycles. The van der Waals surface area contributed by atoms with Gasteiger partial charge in [0.2, 0.25) is 5.91 Å². The highest BCUT2D eigenvalue weighted by Gasteiger charge is 2.16. The minimum atomic E-state index is 0.178. The van der Waals surface area contributed by atoms with E-state index in [4.69, 9.17) is 0 Å². The van der Waals surface area contributed by atoms with E-state index >= 15 is 0 Å². The number of piperidine rings is 1. The molecule has 0 radical (unpaired) electrons. The van der Waals surface area contributed by atoms with E-state index < -0.39 is 0 Å². The van der Waals surface area contributed by atoms with Gasteiger partial charge in [-0.3, -0.25) is 9.69 Å². The molecule has 0 bridgehead atoms. The molecule has 2 fully saturated rings. The number of piperazine rings is 1. The van der Waals surface area contributed by atoms with Gasteiger partial charge in [-0.05, 0) is 31.8 Å². The lowest BCUT2D eigenvalue weighted by Crippen LogP contribution is -2.48. The summed E-state index contributed by atoms with van der Waals surface area (Å²) in [5.74, 6) is 0.720. The zero-order valence-electron chi connectivity index (χ0n) is 12.9. The molecule has 1 atom stereocenters. The molecule has 0 saturated carbocycles. The molecule has 5 heteroatoms. The molecule has 5 nitrogen and oxygen atoms in total. The predicted molar refractivity (Wildman–Crippen MR) is 81.8 cm³/mol. The number of nitrogens with one attached hydrogen (secondary N) is 2. The van der Waals surface area contributed by atoms with Crippen LogP contribution in [0.1, 0.15) is 26.2 Å². The summed E-state index contributed by atoms with van der Waals surface area (Å²) in [6.07, 6.45) is 4.05. The van der Waals surface area contributed by atoms with E-state index in [-0.39, 0.29) is 5.91 Å². The van der Waals surface area contributed by atoms with Gasteiger partial charge in [-0.15, -0.1) is 0 Å². The molecule has 2 aliphatic heterocycles. The normalized spacial score (nSPS) is 23.4. The molecule has 2 rings (SSSR count). The number of nitrogens with zero attached hydrogens (tertiary/aromatic N) is 2. The number of carbonyl (C=O) groups excluding carboxylic acids is 1. The van der Waals surface area contributed by atoms with E-state index in [0.29, 0.717) is 12.5 Å². The molecule has 20 heavy (non-hydrogen) atoms. The number of carbonyl (C=O) groups is 1. The highest BCUT2D eigenvalue weighted by molar-refractivity contribution is 5.78. The van der Waals surface area contributed by atoms with Gasteiger partial charge in [0.05, 0.1) is 6.54 Å². The summed E-state index contributed by atoms with van der Waals surface area (Å²) in [4.78, 5) is 16.7. The number of amides is 1. The molecule has 2 aliphatic rings. The monoisotopic (exact) mass is 282 g/mol. The maximum Gasteiger partial charge on any atom is 0.234 e. The molecule has 2 saturated heterocycles. The van der Waals surface area contributed by atoms with E-state index in [2.05, 4.69) is 27.4 Å². The van der Waals surface area contributed by atoms with E-state index in [0.717, 1.165) is 39.3 Å². The van der Waals surface area contributed by atoms with Gasteiger partial charge in [-0.2, -0.15) is 0 Å². The summed E-state index contributed by atoms with van der Waals surface area (Å²) in [7, 11) is 0. The Bertz CT molecular complexity index is 286. The fourth-order valence-electron chi connectivity index (χ4n) is 3.06. The SMILES string of the molecule is CC(CNC(=O)CN1CCNCC1)CN1CCCCC1. The Hall–Kier alpha value is -0.650. The Labute approximate surface area is 123 Å². The molecule has 2 N–H and O–H groups in total. The fraction of sp³-hybridized carbons (Fsp3) is 0.933. The van der Waals surface area contributed by atoms with Crippen LogP contribution in [0.2, 0.25) is 0 Å². The van der Waals surface area contributed by atoms with E-state index in [1.807, 2.05) is 0 Å². The topological polar surface area (TPSA) is 47.6 Å². The first kappa shape index (κ1) is 15.7. The van der Waals surface area contributed by atoms with Crippen LogP contribution in [0.15, 0.2) is 0 Å². The van der Waals surface area contributed by atoms with E-state index in [9.17, 15) is 4.79 Å². The van der Waals surface area contributed by atoms with Gasteiger partial charge in [0.15, 0.2) is 0 Å². The number of likely N-dealkylation sites (tertiary alicyclic amines) is 1. The lowest BCUT2D eigenvalue weighted by atomic mass is 10.1. The highest BCUT2D eigenvalue weighted by atomic mass is 16.2. The van der Waals surface area contributed by atoms with Crippen molar-refractivity contribution in [3.05, 3.63) is 0 Å². The van der Waals surface area contributed by atoms with Crippen LogP contribution >= 0.6 is 0 Å². The van der Waals surface area contributed by atoms with Crippen LogP contribution in [0.25, 0.3) is 0 Å². The van der Waals surface area contributed by atoms with Crippen LogP contribution in [-0.4, -0.2) is 74.6 Å². The molecule has 0 spiro atoms. The van der Waals surface area contributed by atoms with Crippen molar-refractivity contribution in [2.24, 2.45) is 5.92 Å². The highest BCUT2D eigenvalue weighted by Crippen LogP contribution is 2.10. The first-order valence-electron chi connectivity index (χ1n) is 8.16. The number of rotatable bonds is 6. The van der Waals surface area contributed by atoms with Crippen LogP contribution in [0.4, 0.5) is 0 Å². The van der Waals surface area contributed by atoms with Gasteiger partial charge in [0, 0.05) is 39.3 Å². The molecule has 0 aromatic rings. The van der Waals surface area contributed by atoms with Crippen LogP contribution in [0, 0.1) is 5.92 Å². The average molecular weight is 282 g/mol. The molecule has 0 aliphatic carbocycles. The van der Waals surface area contributed by atoms with Gasteiger partial charge in [0.1, 0.15) is 0 Å². The van der Waals surface area contributed by atoms with Crippen molar-refractivity contribution in [1.29, 1.82) is 0 Å². The second kappa shape index (κ2) is 8.60. The van der Waals surface area contributed by atoms with Gasteiger partial charge in [0.25, 0.3) is 0 Å². The Kier molecular flexibility index (Phi) is 6.76. The molecule has 2 heterocycles. The van der Waals surface area contributed by atoms with Crippen LogP contribution in [0.5, 0.6) is 0 Å². The third-order valence-corrected chi connectivity index (χ3v) is 4.24. The Morgan fingerprint density at radius 1 is 1.10 bits per heavy atom. The van der Waals surface area contributed by atoms with Gasteiger partial charge < -0.3 is 15.5 Å². The lowest BCUT2D eigenvalue weighted by molar-refractivity contribution is -0.122. The third kappa shape index (κ3) is 5.77. The Balaban J connectivity index is 1.57. The third-order valence-electron chi connectivity index (χ3n) is 4.24. The van der Waals surface area contributed by atoms with Crippen molar-refractivity contribution < 1.29 is 4.79 Å². The Morgan fingerprint density at radius 2 is 1.80 bits per heavy atom. The summed E-state index contributed by atoms with van der Waals surface area (Å²) in [6.45, 7) is 11.1. The summed E-state index contributed by atoms with van der Waals surface area (Å²) in [5.41, 5.74) is 0. The van der Waals surface area contributed by atoms with Crippen LogP contribution in [-0.2, 0) is 4.79 Å². The van der Waals surface area contributed by atoms with Gasteiger partial charge in [-0.1, -0.05) is 13.3 Å². The summed E-state index contributed by atoms with van der Waals surface area (Å²) >= 11 is 0. The molecule has 1 unspecified atom stereocenters. The first-order valence-corrected chi connectivity index (χ1v) is 8.16. The maximum absolute atomic E-state index is 11.9. The van der Waals surface area contributed by atoms with Crippen molar-refractivity contribution in [3.8, 4) is 0 Å². The molecule has 0 aromatic heterocycles. The average Bonchev–Trinajstić information content (AvgIpc) is 2.47. The van der Waals surface area contributed by atoms with Crippen molar-refractivity contribution in [2.75, 3.05) is 58.9 Å². The predicted octanol–water partition coefficient (Wildman–Crippen LogP) is 0.130. The van der Waals surface area contributed by atoms with Crippen molar-refractivity contribution in [2.45, 2.75) is 26.2 Å². The molecular weight excluding hydrogens is 252 g/mol. The standard InChI is InChI=1S/C15H30N4O/c1-14(12-18-7-3-2-4-8-18)11-17-15(20)13-19-9-5-16-6-10-19/h14,16H,2-13H2,1H3,(H,17,20). The summed E-state index contributed by atoms with van der Waals surface area (Å²) in [5, 5.41) is 6.40. The van der Waals surface area contributed by atoms with Gasteiger partial charge >= 0.3 is 0 Å². The molecule has 1 amide bonds. The minimum Gasteiger partial charge on any atom is -0.355 e. The van der Waals surface area contributed by atoms with E-state index in [1.54, 1.807) is 0 Å². The zero-order chi connectivity index (χ0) is 14.2. The second-order valence-corrected chi connectivity index (χ2v) is 6.30. The van der Waals surface area contributed by atoms with Gasteiger partial charge in [-0.25, -0.2) is 0 Å². The van der Waals surface area contributed by atoms with Crippen LogP contribution < -0.4 is 10.6 Å². The van der Waals surface area contributed by atoms with Crippen molar-refractivity contribution in [1.82, 2.24) is 20.4 Å². The molecule has 116 valence electrons. The summed E-state index contributed by atoms with van der Waals surface area (Å²) < 4.78 is 0. The maximum atomic E-state index is 11.9. The quantitative estimate of drug-likeness (QED) is 0.727. The second-order valence-electron chi connectivity index (χ2n) is 6.30.